The molecule has 4 N–H and O–H groups in total. The highest BCUT2D eigenvalue weighted by Crippen LogP contribution is 2.37. The monoisotopic (exact) mass is 390 g/mol. The SMILES string of the molecule is COC(=O)c1c(O)cc(O)c(Cl)c1CCC(N)=NCCCc1ccccc1. The number of aromatic hydroxyl groups is 2. The summed E-state index contributed by atoms with van der Waals surface area (Å²) >= 11 is 6.10. The third-order valence-electron chi connectivity index (χ3n) is 4.12. The number of esters is 1. The molecule has 27 heavy (non-hydrogen) atoms. The lowest BCUT2D eigenvalue weighted by Crippen LogP contribution is -2.15. The van der Waals surface area contributed by atoms with E-state index in [0.29, 0.717) is 18.8 Å². The number of nitrogens with two attached hydrogens (primary N) is 1. The smallest absolute Gasteiger partial charge is 0.341 e. The van der Waals surface area contributed by atoms with E-state index >= 15 is 0 Å². The number of phenols is 2. The zero-order valence-corrected chi connectivity index (χ0v) is 15.9. The van der Waals surface area contributed by atoms with Crippen LogP contribution in [-0.4, -0.2) is 35.7 Å². The number of halogens is 1. The summed E-state index contributed by atoms with van der Waals surface area (Å²) in [6.45, 7) is 0.587. The van der Waals surface area contributed by atoms with Crippen molar-refractivity contribution in [3.05, 3.63) is 58.1 Å². The third kappa shape index (κ3) is 5.62. The molecule has 0 saturated carbocycles. The topological polar surface area (TPSA) is 105 Å². The first-order chi connectivity index (χ1) is 12.9. The minimum atomic E-state index is -0.734. The van der Waals surface area contributed by atoms with Gasteiger partial charge in [-0.1, -0.05) is 41.9 Å². The van der Waals surface area contributed by atoms with Crippen LogP contribution in [0.3, 0.4) is 0 Å². The third-order valence-corrected chi connectivity index (χ3v) is 4.54. The number of hydrogen-bond acceptors (Lipinski definition) is 5. The Balaban J connectivity index is 1.99. The molecule has 0 heterocycles. The van der Waals surface area contributed by atoms with Crippen LogP contribution in [0.5, 0.6) is 11.5 Å². The number of carbonyl (C=O) groups excluding carboxylic acids is 1. The number of benzene rings is 2. The van der Waals surface area contributed by atoms with Crippen LogP contribution in [0.4, 0.5) is 0 Å². The van der Waals surface area contributed by atoms with Crippen LogP contribution in [-0.2, 0) is 17.6 Å². The van der Waals surface area contributed by atoms with Gasteiger partial charge in [-0.2, -0.15) is 0 Å². The van der Waals surface area contributed by atoms with Crippen LogP contribution in [0.25, 0.3) is 0 Å². The predicted molar refractivity (Wildman–Crippen MR) is 106 cm³/mol. The van der Waals surface area contributed by atoms with E-state index < -0.39 is 11.7 Å². The molecule has 7 heteroatoms. The highest BCUT2D eigenvalue weighted by atomic mass is 35.5. The number of aliphatic imine (C=N–C) groups is 1. The molecule has 144 valence electrons. The van der Waals surface area contributed by atoms with Crippen molar-refractivity contribution in [2.24, 2.45) is 10.7 Å². The maximum atomic E-state index is 11.9. The largest absolute Gasteiger partial charge is 0.507 e. The van der Waals surface area contributed by atoms with Crippen molar-refractivity contribution in [1.29, 1.82) is 0 Å². The lowest BCUT2D eigenvalue weighted by Gasteiger charge is -2.13. The predicted octanol–water partition coefficient (Wildman–Crippen LogP) is 3.46. The molecule has 0 aliphatic heterocycles. The Hall–Kier alpha value is -2.73. The highest BCUT2D eigenvalue weighted by Gasteiger charge is 2.22. The van der Waals surface area contributed by atoms with Crippen LogP contribution in [0.15, 0.2) is 41.4 Å². The van der Waals surface area contributed by atoms with Crippen molar-refractivity contribution < 1.29 is 19.7 Å². The lowest BCUT2D eigenvalue weighted by molar-refractivity contribution is 0.0596. The van der Waals surface area contributed by atoms with E-state index in [1.54, 1.807) is 0 Å². The number of hydrogen-bond donors (Lipinski definition) is 3. The number of amidine groups is 1. The molecule has 6 nitrogen and oxygen atoms in total. The van der Waals surface area contributed by atoms with Crippen LogP contribution < -0.4 is 5.73 Å². The second-order valence-corrected chi connectivity index (χ2v) is 6.41. The molecule has 0 saturated heterocycles. The molecule has 0 atom stereocenters. The maximum absolute atomic E-state index is 11.9. The Labute approximate surface area is 163 Å². The first kappa shape index (κ1) is 20.6. The van der Waals surface area contributed by atoms with Gasteiger partial charge in [-0.15, -0.1) is 0 Å². The molecule has 2 aromatic rings. The van der Waals surface area contributed by atoms with E-state index in [1.807, 2.05) is 18.2 Å². The standard InChI is InChI=1S/C20H23ClN2O4/c1-27-20(26)18-14(19(21)16(25)12-15(18)24)9-10-17(22)23-11-5-8-13-6-3-2-4-7-13/h2-4,6-7,12,24-25H,5,8-11H2,1H3,(H2,22,23). The van der Waals surface area contributed by atoms with Crippen LogP contribution in [0.2, 0.25) is 5.02 Å². The summed E-state index contributed by atoms with van der Waals surface area (Å²) in [5.41, 5.74) is 7.41. The lowest BCUT2D eigenvalue weighted by atomic mass is 10.0. The summed E-state index contributed by atoms with van der Waals surface area (Å²) in [6.07, 6.45) is 2.35. The number of ether oxygens (including phenoxy) is 1. The number of methoxy groups -OCH3 is 1. The summed E-state index contributed by atoms with van der Waals surface area (Å²) in [6, 6.07) is 11.1. The molecule has 0 aliphatic carbocycles. The van der Waals surface area contributed by atoms with Gasteiger partial charge in [0, 0.05) is 19.0 Å². The van der Waals surface area contributed by atoms with Gasteiger partial charge >= 0.3 is 5.97 Å². The van der Waals surface area contributed by atoms with E-state index in [-0.39, 0.29) is 28.3 Å². The van der Waals surface area contributed by atoms with E-state index in [9.17, 15) is 15.0 Å². The molecule has 0 bridgehead atoms. The highest BCUT2D eigenvalue weighted by molar-refractivity contribution is 6.33. The van der Waals surface area contributed by atoms with Gasteiger partial charge in [0.25, 0.3) is 0 Å². The fourth-order valence-electron chi connectivity index (χ4n) is 2.73. The van der Waals surface area contributed by atoms with E-state index in [2.05, 4.69) is 21.9 Å². The molecule has 0 aliphatic rings. The van der Waals surface area contributed by atoms with Gasteiger partial charge in [-0.25, -0.2) is 4.79 Å². The molecule has 0 radical (unpaired) electrons. The van der Waals surface area contributed by atoms with Crippen molar-refractivity contribution >= 4 is 23.4 Å². The number of carbonyl (C=O) groups is 1. The number of nitrogens with zero attached hydrogens (tertiary/aromatic N) is 1. The number of rotatable bonds is 8. The summed E-state index contributed by atoms with van der Waals surface area (Å²) in [5, 5.41) is 19.8. The van der Waals surface area contributed by atoms with Gasteiger partial charge in [0.1, 0.15) is 17.1 Å². The average molecular weight is 391 g/mol. The molecular formula is C20H23ClN2O4. The fraction of sp³-hybridized carbons (Fsp3) is 0.300. The minimum Gasteiger partial charge on any atom is -0.507 e. The fourth-order valence-corrected chi connectivity index (χ4v) is 2.97. The second-order valence-electron chi connectivity index (χ2n) is 6.04. The van der Waals surface area contributed by atoms with Crippen molar-refractivity contribution in [3.8, 4) is 11.5 Å². The molecule has 0 amide bonds. The van der Waals surface area contributed by atoms with Crippen molar-refractivity contribution in [2.75, 3.05) is 13.7 Å². The Morgan fingerprint density at radius 3 is 2.56 bits per heavy atom. The number of aryl methyl sites for hydroxylation is 1. The molecule has 2 rings (SSSR count). The second kappa shape index (κ2) is 9.83. The quantitative estimate of drug-likeness (QED) is 0.277. The zero-order chi connectivity index (χ0) is 19.8. The maximum Gasteiger partial charge on any atom is 0.341 e. The van der Waals surface area contributed by atoms with Gasteiger partial charge in [0.15, 0.2) is 0 Å². The first-order valence-corrected chi connectivity index (χ1v) is 8.96. The van der Waals surface area contributed by atoms with Crippen LogP contribution >= 0.6 is 11.6 Å². The van der Waals surface area contributed by atoms with Gasteiger partial charge in [0.05, 0.1) is 18.0 Å². The Kier molecular flexibility index (Phi) is 7.49. The normalized spacial score (nSPS) is 11.4. The Bertz CT molecular complexity index is 822. The van der Waals surface area contributed by atoms with Crippen molar-refractivity contribution in [2.45, 2.75) is 25.7 Å². The van der Waals surface area contributed by atoms with E-state index in [0.717, 1.165) is 18.9 Å². The van der Waals surface area contributed by atoms with E-state index in [1.165, 1.54) is 12.7 Å². The van der Waals surface area contributed by atoms with Crippen LogP contribution in [0, 0.1) is 0 Å². The van der Waals surface area contributed by atoms with Gasteiger partial charge < -0.3 is 20.7 Å². The van der Waals surface area contributed by atoms with Crippen LogP contribution in [0.1, 0.15) is 34.3 Å². The first-order valence-electron chi connectivity index (χ1n) is 8.58. The zero-order valence-electron chi connectivity index (χ0n) is 15.1. The Morgan fingerprint density at radius 1 is 1.19 bits per heavy atom. The van der Waals surface area contributed by atoms with Gasteiger partial charge in [-0.05, 0) is 30.4 Å². The van der Waals surface area contributed by atoms with Crippen molar-refractivity contribution in [1.82, 2.24) is 0 Å². The molecule has 0 unspecified atom stereocenters. The summed E-state index contributed by atoms with van der Waals surface area (Å²) in [4.78, 5) is 16.3. The minimum absolute atomic E-state index is 0.00919. The van der Waals surface area contributed by atoms with Gasteiger partial charge in [-0.3, -0.25) is 4.99 Å². The molecular weight excluding hydrogens is 368 g/mol. The average Bonchev–Trinajstić information content (AvgIpc) is 2.67. The molecule has 0 fully saturated rings. The summed E-state index contributed by atoms with van der Waals surface area (Å²) in [5.74, 6) is -1.02. The van der Waals surface area contributed by atoms with E-state index in [4.69, 9.17) is 17.3 Å². The molecule has 2 aromatic carbocycles. The Morgan fingerprint density at radius 2 is 1.89 bits per heavy atom. The summed E-state index contributed by atoms with van der Waals surface area (Å²) in [7, 11) is 1.20. The number of phenolic OH excluding ortho intramolecular Hbond substituents is 2. The van der Waals surface area contributed by atoms with Crippen molar-refractivity contribution in [3.63, 3.8) is 0 Å². The molecule has 0 spiro atoms. The summed E-state index contributed by atoms with van der Waals surface area (Å²) < 4.78 is 4.68. The van der Waals surface area contributed by atoms with Gasteiger partial charge in [0.2, 0.25) is 0 Å². The molecule has 0 aromatic heterocycles.